The number of nitrogens with one attached hydrogen (secondary N) is 1. The van der Waals surface area contributed by atoms with Crippen LogP contribution < -0.4 is 0 Å². The highest BCUT2D eigenvalue weighted by Gasteiger charge is 2.29. The van der Waals surface area contributed by atoms with Gasteiger partial charge in [0, 0.05) is 24.2 Å². The van der Waals surface area contributed by atoms with Crippen molar-refractivity contribution in [2.75, 3.05) is 13.1 Å². The number of aromatic nitrogens is 5. The van der Waals surface area contributed by atoms with Gasteiger partial charge in [-0.3, -0.25) is 4.79 Å². The molecule has 1 N–H and O–H groups in total. The average molecular weight is 358 g/mol. The van der Waals surface area contributed by atoms with Gasteiger partial charge in [0.25, 0.3) is 5.91 Å². The molecular formula is C20H18N6O. The third-order valence-electron chi connectivity index (χ3n) is 5.07. The number of H-pyrrole nitrogens is 1. The number of carbonyl (C=O) groups is 1. The predicted octanol–water partition coefficient (Wildman–Crippen LogP) is 2.91. The first kappa shape index (κ1) is 15.7. The molecule has 1 aliphatic heterocycles. The summed E-state index contributed by atoms with van der Waals surface area (Å²) < 4.78 is 1.88. The SMILES string of the molecule is O=C(c1ccc2nc[nH]c2c1)N1CCC(n2cc(-c3ccccc3)nn2)C1. The van der Waals surface area contributed by atoms with Gasteiger partial charge in [0.2, 0.25) is 0 Å². The predicted molar refractivity (Wildman–Crippen MR) is 101 cm³/mol. The zero-order valence-electron chi connectivity index (χ0n) is 14.6. The van der Waals surface area contributed by atoms with E-state index in [0.29, 0.717) is 18.7 Å². The van der Waals surface area contributed by atoms with Gasteiger partial charge in [0.15, 0.2) is 0 Å². The topological polar surface area (TPSA) is 79.7 Å². The number of imidazole rings is 1. The zero-order chi connectivity index (χ0) is 18.2. The van der Waals surface area contributed by atoms with Crippen molar-refractivity contribution in [1.82, 2.24) is 29.9 Å². The van der Waals surface area contributed by atoms with E-state index in [0.717, 1.165) is 28.7 Å². The number of hydrogen-bond acceptors (Lipinski definition) is 4. The first-order valence-corrected chi connectivity index (χ1v) is 8.97. The number of likely N-dealkylation sites (tertiary alicyclic amines) is 1. The molecule has 3 heterocycles. The Kier molecular flexibility index (Phi) is 3.71. The maximum absolute atomic E-state index is 12.9. The first-order chi connectivity index (χ1) is 13.3. The number of carbonyl (C=O) groups excluding carboxylic acids is 1. The van der Waals surface area contributed by atoms with Crippen molar-refractivity contribution in [2.45, 2.75) is 12.5 Å². The largest absolute Gasteiger partial charge is 0.345 e. The monoisotopic (exact) mass is 358 g/mol. The fraction of sp³-hybridized carbons (Fsp3) is 0.200. The van der Waals surface area contributed by atoms with E-state index in [1.54, 1.807) is 6.33 Å². The van der Waals surface area contributed by atoms with E-state index in [4.69, 9.17) is 0 Å². The van der Waals surface area contributed by atoms with Crippen LogP contribution in [0.1, 0.15) is 22.8 Å². The zero-order valence-corrected chi connectivity index (χ0v) is 14.6. The van der Waals surface area contributed by atoms with Crippen LogP contribution in [0.5, 0.6) is 0 Å². The number of aromatic amines is 1. The molecule has 0 radical (unpaired) electrons. The Morgan fingerprint density at radius 1 is 1.15 bits per heavy atom. The molecular weight excluding hydrogens is 340 g/mol. The van der Waals surface area contributed by atoms with Crippen molar-refractivity contribution in [2.24, 2.45) is 0 Å². The molecule has 0 bridgehead atoms. The van der Waals surface area contributed by atoms with Gasteiger partial charge in [-0.05, 0) is 24.6 Å². The lowest BCUT2D eigenvalue weighted by Gasteiger charge is -2.16. The van der Waals surface area contributed by atoms with Crippen LogP contribution in [0.4, 0.5) is 0 Å². The van der Waals surface area contributed by atoms with Crippen LogP contribution in [-0.4, -0.2) is 48.9 Å². The van der Waals surface area contributed by atoms with E-state index in [1.807, 2.05) is 64.3 Å². The van der Waals surface area contributed by atoms with Gasteiger partial charge in [-0.25, -0.2) is 9.67 Å². The van der Waals surface area contributed by atoms with Crippen LogP contribution >= 0.6 is 0 Å². The molecule has 27 heavy (non-hydrogen) atoms. The van der Waals surface area contributed by atoms with E-state index in [-0.39, 0.29) is 11.9 Å². The second-order valence-electron chi connectivity index (χ2n) is 6.78. The summed E-state index contributed by atoms with van der Waals surface area (Å²) in [5.74, 6) is 0.0393. The third-order valence-corrected chi connectivity index (χ3v) is 5.07. The first-order valence-electron chi connectivity index (χ1n) is 8.97. The van der Waals surface area contributed by atoms with Gasteiger partial charge in [0.05, 0.1) is 29.6 Å². The summed E-state index contributed by atoms with van der Waals surface area (Å²) in [7, 11) is 0. The fourth-order valence-corrected chi connectivity index (χ4v) is 3.59. The van der Waals surface area contributed by atoms with E-state index in [2.05, 4.69) is 20.3 Å². The number of rotatable bonds is 3. The Morgan fingerprint density at radius 3 is 2.93 bits per heavy atom. The summed E-state index contributed by atoms with van der Waals surface area (Å²) in [6.45, 7) is 1.35. The maximum atomic E-state index is 12.9. The number of nitrogens with zero attached hydrogens (tertiary/aromatic N) is 5. The Labute approximate surface area is 155 Å². The second-order valence-corrected chi connectivity index (χ2v) is 6.78. The number of hydrogen-bond donors (Lipinski definition) is 1. The van der Waals surface area contributed by atoms with E-state index >= 15 is 0 Å². The quantitative estimate of drug-likeness (QED) is 0.611. The highest BCUT2D eigenvalue weighted by Crippen LogP contribution is 2.25. The van der Waals surface area contributed by atoms with Crippen molar-refractivity contribution < 1.29 is 4.79 Å². The standard InChI is InChI=1S/C20H18N6O/c27-20(15-6-7-17-18(10-15)22-13-21-17)25-9-8-16(11-25)26-12-19(23-24-26)14-4-2-1-3-5-14/h1-7,10,12-13,16H,8-9,11H2,(H,21,22). The molecule has 1 saturated heterocycles. The van der Waals surface area contributed by atoms with Crippen LogP contribution in [0, 0.1) is 0 Å². The van der Waals surface area contributed by atoms with Crippen LogP contribution in [0.25, 0.3) is 22.3 Å². The summed E-state index contributed by atoms with van der Waals surface area (Å²) in [6, 6.07) is 15.7. The van der Waals surface area contributed by atoms with Crippen molar-refractivity contribution in [3.05, 3.63) is 66.6 Å². The molecule has 1 aliphatic rings. The normalized spacial score (nSPS) is 16.9. The minimum Gasteiger partial charge on any atom is -0.345 e. The third kappa shape index (κ3) is 2.87. The van der Waals surface area contributed by atoms with Crippen LogP contribution in [-0.2, 0) is 0 Å². The van der Waals surface area contributed by atoms with Crippen molar-refractivity contribution in [3.63, 3.8) is 0 Å². The lowest BCUT2D eigenvalue weighted by atomic mass is 10.2. The Morgan fingerprint density at radius 2 is 2.04 bits per heavy atom. The molecule has 0 saturated carbocycles. The highest BCUT2D eigenvalue weighted by atomic mass is 16.2. The van der Waals surface area contributed by atoms with E-state index in [1.165, 1.54) is 0 Å². The van der Waals surface area contributed by atoms with Crippen molar-refractivity contribution in [3.8, 4) is 11.3 Å². The fourth-order valence-electron chi connectivity index (χ4n) is 3.59. The average Bonchev–Trinajstić information content (AvgIpc) is 3.47. The second kappa shape index (κ2) is 6.35. The molecule has 0 aliphatic carbocycles. The Balaban J connectivity index is 1.32. The molecule has 1 amide bonds. The number of fused-ring (bicyclic) bond motifs is 1. The van der Waals surface area contributed by atoms with Gasteiger partial charge in [-0.2, -0.15) is 0 Å². The number of benzene rings is 2. The van der Waals surface area contributed by atoms with Gasteiger partial charge in [0.1, 0.15) is 5.69 Å². The maximum Gasteiger partial charge on any atom is 0.254 e. The minimum atomic E-state index is 0.0393. The molecule has 1 fully saturated rings. The summed E-state index contributed by atoms with van der Waals surface area (Å²) in [6.07, 6.45) is 4.47. The summed E-state index contributed by atoms with van der Waals surface area (Å²) in [5, 5.41) is 8.58. The Hall–Kier alpha value is -3.48. The van der Waals surface area contributed by atoms with Crippen LogP contribution in [0.15, 0.2) is 61.1 Å². The molecule has 0 spiro atoms. The summed E-state index contributed by atoms with van der Waals surface area (Å²) >= 11 is 0. The molecule has 2 aromatic carbocycles. The van der Waals surface area contributed by atoms with Gasteiger partial charge < -0.3 is 9.88 Å². The molecule has 5 rings (SSSR count). The van der Waals surface area contributed by atoms with E-state index < -0.39 is 0 Å². The van der Waals surface area contributed by atoms with Gasteiger partial charge >= 0.3 is 0 Å². The summed E-state index contributed by atoms with van der Waals surface area (Å²) in [4.78, 5) is 22.0. The molecule has 4 aromatic rings. The van der Waals surface area contributed by atoms with Gasteiger partial charge in [-0.15, -0.1) is 5.10 Å². The lowest BCUT2D eigenvalue weighted by Crippen LogP contribution is -2.29. The van der Waals surface area contributed by atoms with Gasteiger partial charge in [-0.1, -0.05) is 35.5 Å². The highest BCUT2D eigenvalue weighted by molar-refractivity contribution is 5.97. The van der Waals surface area contributed by atoms with Crippen molar-refractivity contribution >= 4 is 16.9 Å². The molecule has 2 aromatic heterocycles. The van der Waals surface area contributed by atoms with Crippen LogP contribution in [0.2, 0.25) is 0 Å². The van der Waals surface area contributed by atoms with E-state index in [9.17, 15) is 4.79 Å². The molecule has 1 atom stereocenters. The molecule has 1 unspecified atom stereocenters. The molecule has 7 heteroatoms. The van der Waals surface area contributed by atoms with Crippen LogP contribution in [0.3, 0.4) is 0 Å². The lowest BCUT2D eigenvalue weighted by molar-refractivity contribution is 0.0787. The Bertz CT molecular complexity index is 1100. The smallest absolute Gasteiger partial charge is 0.254 e. The molecule has 134 valence electrons. The minimum absolute atomic E-state index is 0.0393. The number of amides is 1. The summed E-state index contributed by atoms with van der Waals surface area (Å²) in [5.41, 5.74) is 4.31. The van der Waals surface area contributed by atoms with Crippen molar-refractivity contribution in [1.29, 1.82) is 0 Å². The molecule has 7 nitrogen and oxygen atoms in total.